The second kappa shape index (κ2) is 11.0. The smallest absolute Gasteiger partial charge is 0.171 e. The van der Waals surface area contributed by atoms with E-state index >= 15 is 0 Å². The van der Waals surface area contributed by atoms with E-state index in [1.54, 1.807) is 0 Å². The Balaban J connectivity index is 1.13. The molecule has 9 rings (SSSR count). The van der Waals surface area contributed by atoms with Gasteiger partial charge in [0.15, 0.2) is 6.17 Å². The Hall–Kier alpha value is -4.74. The molecule has 1 aromatic heterocycles. The summed E-state index contributed by atoms with van der Waals surface area (Å²) in [5.74, 6) is 0.459. The molecule has 4 atom stereocenters. The maximum absolute atomic E-state index is 5.14. The summed E-state index contributed by atoms with van der Waals surface area (Å²) in [7, 11) is 0. The predicted molar refractivity (Wildman–Crippen MR) is 188 cm³/mol. The molecule has 4 heteroatoms. The molecule has 6 aromatic rings. The summed E-state index contributed by atoms with van der Waals surface area (Å²) in [4.78, 5) is 6.61. The summed E-state index contributed by atoms with van der Waals surface area (Å²) in [6.07, 6.45) is 9.29. The largest absolute Gasteiger partial charge is 0.294 e. The Morgan fingerprint density at radius 1 is 0.622 bits per heavy atom. The fourth-order valence-corrected chi connectivity index (χ4v) is 8.86. The Morgan fingerprint density at radius 3 is 2.16 bits per heavy atom. The number of para-hydroxylation sites is 1. The van der Waals surface area contributed by atoms with Crippen LogP contribution in [0.2, 0.25) is 0 Å². The average Bonchev–Trinajstić information content (AvgIpc) is 3.50. The molecule has 4 unspecified atom stereocenters. The minimum atomic E-state index is 0.129. The highest BCUT2D eigenvalue weighted by atomic mass is 32.2. The van der Waals surface area contributed by atoms with Crippen LogP contribution in [0, 0.1) is 5.92 Å². The number of fused-ring (bicyclic) bond motifs is 6. The lowest BCUT2D eigenvalue weighted by Gasteiger charge is -2.32. The summed E-state index contributed by atoms with van der Waals surface area (Å²) in [6.45, 7) is 0. The first-order valence-corrected chi connectivity index (χ1v) is 16.6. The third kappa shape index (κ3) is 4.57. The maximum atomic E-state index is 5.14. The molecule has 0 bridgehead atoms. The van der Waals surface area contributed by atoms with Gasteiger partial charge in [-0.1, -0.05) is 133 Å². The normalized spacial score (nSPS) is 22.1. The monoisotopic (exact) mass is 598 g/mol. The third-order valence-corrected chi connectivity index (χ3v) is 10.9. The molecular weight excluding hydrogens is 567 g/mol. The van der Waals surface area contributed by atoms with E-state index < -0.39 is 0 Å². The molecular formula is C41H32N3S+. The van der Waals surface area contributed by atoms with Gasteiger partial charge in [0, 0.05) is 44.0 Å². The fraction of sp³-hybridized carbons (Fsp3) is 0.0976. The van der Waals surface area contributed by atoms with Gasteiger partial charge in [0.1, 0.15) is 5.70 Å². The number of quaternary nitrogens is 1. The molecule has 2 aliphatic heterocycles. The highest BCUT2D eigenvalue weighted by Gasteiger charge is 2.46. The third-order valence-electron chi connectivity index (χ3n) is 9.45. The number of aromatic nitrogens is 1. The number of nitrogens with one attached hydrogen (secondary N) is 1. The van der Waals surface area contributed by atoms with Gasteiger partial charge in [-0.05, 0) is 29.3 Å². The number of hydrogen-bond acceptors (Lipinski definition) is 3. The van der Waals surface area contributed by atoms with Crippen molar-refractivity contribution in [2.45, 2.75) is 17.5 Å². The Kier molecular flexibility index (Phi) is 6.52. The number of nitrogens with two attached hydrogens (primary N) is 1. The average molecular weight is 599 g/mol. The van der Waals surface area contributed by atoms with Gasteiger partial charge in [0.05, 0.1) is 22.2 Å². The first kappa shape index (κ1) is 26.6. The van der Waals surface area contributed by atoms with Crippen LogP contribution in [0.3, 0.4) is 0 Å². The molecule has 1 saturated heterocycles. The summed E-state index contributed by atoms with van der Waals surface area (Å²) < 4.78 is 0. The van der Waals surface area contributed by atoms with Crippen LogP contribution in [0.15, 0.2) is 157 Å². The van der Waals surface area contributed by atoms with E-state index in [-0.39, 0.29) is 6.17 Å². The van der Waals surface area contributed by atoms with Crippen LogP contribution in [0.5, 0.6) is 0 Å². The Morgan fingerprint density at radius 2 is 1.33 bits per heavy atom. The number of pyridine rings is 1. The lowest BCUT2D eigenvalue weighted by atomic mass is 9.89. The van der Waals surface area contributed by atoms with Gasteiger partial charge >= 0.3 is 0 Å². The van der Waals surface area contributed by atoms with Crippen LogP contribution >= 0.6 is 11.8 Å². The molecule has 1 fully saturated rings. The van der Waals surface area contributed by atoms with Crippen molar-refractivity contribution in [1.29, 1.82) is 0 Å². The van der Waals surface area contributed by atoms with Crippen LogP contribution in [-0.2, 0) is 0 Å². The van der Waals surface area contributed by atoms with Gasteiger partial charge in [0.25, 0.3) is 0 Å². The van der Waals surface area contributed by atoms with Crippen molar-refractivity contribution in [2.24, 2.45) is 5.92 Å². The molecule has 1 aliphatic carbocycles. The fourth-order valence-electron chi connectivity index (χ4n) is 7.30. The minimum absolute atomic E-state index is 0.129. The number of benzene rings is 5. The SMILES string of the molecule is C1=CC2SC3=C(c4ccccc4)[NH2+]C(c4ccc(-c5cccc6c(-c7ccccc7)nc7ccccc7c56)cc4)NC3C2C=C1. The molecule has 3 aliphatic rings. The number of rotatable bonds is 4. The van der Waals surface area contributed by atoms with E-state index in [4.69, 9.17) is 4.98 Å². The second-order valence-corrected chi connectivity index (χ2v) is 13.3. The zero-order chi connectivity index (χ0) is 29.7. The summed E-state index contributed by atoms with van der Waals surface area (Å²) in [5.41, 5.74) is 9.58. The first-order chi connectivity index (χ1) is 22.3. The maximum Gasteiger partial charge on any atom is 0.171 e. The van der Waals surface area contributed by atoms with Crippen molar-refractivity contribution in [1.82, 2.24) is 10.3 Å². The van der Waals surface area contributed by atoms with Crippen LogP contribution in [0.4, 0.5) is 0 Å². The van der Waals surface area contributed by atoms with E-state index in [0.29, 0.717) is 17.2 Å². The Bertz CT molecular complexity index is 2150. The van der Waals surface area contributed by atoms with Crippen molar-refractivity contribution >= 4 is 39.1 Å². The number of thioether (sulfide) groups is 1. The van der Waals surface area contributed by atoms with Gasteiger partial charge in [-0.2, -0.15) is 0 Å². The molecule has 0 spiro atoms. The van der Waals surface area contributed by atoms with E-state index in [2.05, 4.69) is 162 Å². The lowest BCUT2D eigenvalue weighted by molar-refractivity contribution is -0.621. The van der Waals surface area contributed by atoms with E-state index in [9.17, 15) is 0 Å². The lowest BCUT2D eigenvalue weighted by Crippen LogP contribution is -2.88. The summed E-state index contributed by atoms with van der Waals surface area (Å²) in [6, 6.07) is 46.1. The van der Waals surface area contributed by atoms with Gasteiger partial charge < -0.3 is 0 Å². The highest BCUT2D eigenvalue weighted by Crippen LogP contribution is 2.48. The zero-order valence-corrected chi connectivity index (χ0v) is 25.5. The van der Waals surface area contributed by atoms with Crippen molar-refractivity contribution in [3.05, 3.63) is 168 Å². The van der Waals surface area contributed by atoms with Crippen LogP contribution in [-0.4, -0.2) is 16.3 Å². The van der Waals surface area contributed by atoms with E-state index in [1.807, 2.05) is 11.8 Å². The molecule has 5 aromatic carbocycles. The van der Waals surface area contributed by atoms with E-state index in [0.717, 1.165) is 16.8 Å². The van der Waals surface area contributed by atoms with Gasteiger partial charge in [0.2, 0.25) is 0 Å². The quantitative estimate of drug-likeness (QED) is 0.200. The number of allylic oxidation sites excluding steroid dienone is 2. The summed E-state index contributed by atoms with van der Waals surface area (Å²) in [5, 5.41) is 10.6. The Labute approximate surface area is 267 Å². The molecule has 216 valence electrons. The number of nitrogens with zero attached hydrogens (tertiary/aromatic N) is 1. The van der Waals surface area contributed by atoms with Crippen molar-refractivity contribution in [2.75, 3.05) is 0 Å². The second-order valence-electron chi connectivity index (χ2n) is 12.1. The van der Waals surface area contributed by atoms with Crippen LogP contribution < -0.4 is 10.6 Å². The van der Waals surface area contributed by atoms with Gasteiger partial charge in [-0.15, -0.1) is 11.8 Å². The molecule has 0 saturated carbocycles. The first-order valence-electron chi connectivity index (χ1n) is 15.7. The molecule has 3 nitrogen and oxygen atoms in total. The van der Waals surface area contributed by atoms with Gasteiger partial charge in [-0.25, -0.2) is 4.98 Å². The number of hydrogen-bond donors (Lipinski definition) is 2. The summed E-state index contributed by atoms with van der Waals surface area (Å²) >= 11 is 2.02. The molecule has 0 radical (unpaired) electrons. The molecule has 3 heterocycles. The zero-order valence-electron chi connectivity index (χ0n) is 24.7. The minimum Gasteiger partial charge on any atom is -0.294 e. The van der Waals surface area contributed by atoms with Crippen LogP contribution in [0.25, 0.3) is 49.8 Å². The molecule has 45 heavy (non-hydrogen) atoms. The van der Waals surface area contributed by atoms with Gasteiger partial charge in [-0.3, -0.25) is 10.6 Å². The highest BCUT2D eigenvalue weighted by molar-refractivity contribution is 8.04. The topological polar surface area (TPSA) is 41.5 Å². The molecule has 3 N–H and O–H groups in total. The predicted octanol–water partition coefficient (Wildman–Crippen LogP) is 8.48. The van der Waals surface area contributed by atoms with Crippen molar-refractivity contribution in [3.8, 4) is 22.4 Å². The van der Waals surface area contributed by atoms with E-state index in [1.165, 1.54) is 49.0 Å². The standard InChI is InChI=1S/C41H31N3S/c1-3-12-27(13-4-1)37-33-19-11-18-30(36(33)31-16-7-9-20-34(31)42-37)26-22-24-29(25-23-26)41-43-38(28-14-5-2-6-15-28)40-39(44-41)32-17-8-10-21-35(32)45-40/h1-25,32,35,39,41,43-44H/p+1. The molecule has 0 amide bonds. The van der Waals surface area contributed by atoms with Crippen molar-refractivity contribution < 1.29 is 5.32 Å². The van der Waals surface area contributed by atoms with Crippen LogP contribution in [0.1, 0.15) is 17.3 Å². The van der Waals surface area contributed by atoms with Crippen molar-refractivity contribution in [3.63, 3.8) is 0 Å².